The normalized spacial score (nSPS) is 19.5. The van der Waals surface area contributed by atoms with E-state index in [1.807, 2.05) is 35.6 Å². The predicted octanol–water partition coefficient (Wildman–Crippen LogP) is 1.53. The van der Waals surface area contributed by atoms with Gasteiger partial charge in [-0.25, -0.2) is 14.5 Å². The smallest absolute Gasteiger partial charge is 0.406 e. The molecule has 1 saturated heterocycles. The van der Waals surface area contributed by atoms with E-state index in [0.717, 1.165) is 41.8 Å². The van der Waals surface area contributed by atoms with Gasteiger partial charge in [0.05, 0.1) is 25.5 Å². The van der Waals surface area contributed by atoms with Crippen molar-refractivity contribution in [1.82, 2.24) is 30.3 Å². The van der Waals surface area contributed by atoms with Crippen LogP contribution in [0.2, 0.25) is 0 Å². The number of fused-ring (bicyclic) bond motifs is 1. The molecule has 1 aliphatic carbocycles. The largest absolute Gasteiger partial charge is 0.453 e. The molecule has 2 atom stereocenters. The monoisotopic (exact) mass is 444 g/mol. The van der Waals surface area contributed by atoms with Gasteiger partial charge in [0.1, 0.15) is 6.10 Å². The summed E-state index contributed by atoms with van der Waals surface area (Å²) >= 11 is 0. The molecule has 2 aromatic rings. The van der Waals surface area contributed by atoms with Crippen molar-refractivity contribution in [3.63, 3.8) is 0 Å². The highest BCUT2D eigenvalue weighted by Gasteiger charge is 2.41. The van der Waals surface area contributed by atoms with Gasteiger partial charge < -0.3 is 25.0 Å². The molecule has 0 bridgehead atoms. The first-order chi connectivity index (χ1) is 15.5. The van der Waals surface area contributed by atoms with E-state index < -0.39 is 12.2 Å². The van der Waals surface area contributed by atoms with Gasteiger partial charge in [0, 0.05) is 43.3 Å². The predicted molar refractivity (Wildman–Crippen MR) is 118 cm³/mol. The highest BCUT2D eigenvalue weighted by atomic mass is 16.5. The lowest BCUT2D eigenvalue weighted by Crippen LogP contribution is -2.50. The number of amides is 2. The summed E-state index contributed by atoms with van der Waals surface area (Å²) in [6.07, 6.45) is 1.79. The van der Waals surface area contributed by atoms with Crippen LogP contribution in [-0.2, 0) is 20.8 Å². The Labute approximate surface area is 187 Å². The second-order valence-electron chi connectivity index (χ2n) is 8.42. The van der Waals surface area contributed by atoms with Crippen molar-refractivity contribution in [3.8, 4) is 0 Å². The fourth-order valence-corrected chi connectivity index (χ4v) is 4.19. The van der Waals surface area contributed by atoms with Gasteiger partial charge >= 0.3 is 6.09 Å². The second-order valence-corrected chi connectivity index (χ2v) is 8.42. The van der Waals surface area contributed by atoms with Crippen LogP contribution < -0.4 is 10.6 Å². The molecule has 2 amide bonds. The Balaban J connectivity index is 1.57. The van der Waals surface area contributed by atoms with Gasteiger partial charge in [0.25, 0.3) is 5.91 Å². The zero-order chi connectivity index (χ0) is 22.7. The topological polar surface area (TPSA) is 111 Å². The van der Waals surface area contributed by atoms with Crippen LogP contribution in [0.15, 0.2) is 12.1 Å². The van der Waals surface area contributed by atoms with E-state index in [1.54, 1.807) is 0 Å². The molecule has 0 spiro atoms. The highest BCUT2D eigenvalue weighted by molar-refractivity contribution is 5.84. The summed E-state index contributed by atoms with van der Waals surface area (Å²) in [5.41, 5.74) is 2.54. The first-order valence-electron chi connectivity index (χ1n) is 11.3. The number of hydrogen-bond acceptors (Lipinski definition) is 7. The summed E-state index contributed by atoms with van der Waals surface area (Å²) < 4.78 is 12.2. The highest BCUT2D eigenvalue weighted by Crippen LogP contribution is 2.37. The zero-order valence-corrected chi connectivity index (χ0v) is 19.0. The van der Waals surface area contributed by atoms with Crippen LogP contribution in [-0.4, -0.2) is 77.2 Å². The van der Waals surface area contributed by atoms with E-state index in [9.17, 15) is 9.59 Å². The Bertz CT molecular complexity index is 967. The number of aromatic nitrogens is 3. The summed E-state index contributed by atoms with van der Waals surface area (Å²) in [7, 11) is 1.35. The molecule has 1 aliphatic heterocycles. The van der Waals surface area contributed by atoms with Crippen molar-refractivity contribution in [1.29, 1.82) is 0 Å². The maximum Gasteiger partial charge on any atom is 0.406 e. The first-order valence-corrected chi connectivity index (χ1v) is 11.3. The van der Waals surface area contributed by atoms with Gasteiger partial charge in [0.2, 0.25) is 0 Å². The third-order valence-electron chi connectivity index (χ3n) is 5.98. The number of nitrogens with zero attached hydrogens (tertiary/aromatic N) is 4. The quantitative estimate of drug-likeness (QED) is 0.594. The van der Waals surface area contributed by atoms with E-state index in [4.69, 9.17) is 14.8 Å². The molecule has 2 N–H and O–H groups in total. The Hall–Kier alpha value is -2.72. The maximum absolute atomic E-state index is 13.4. The van der Waals surface area contributed by atoms with Crippen molar-refractivity contribution >= 4 is 23.0 Å². The molecule has 10 nitrogen and oxygen atoms in total. The van der Waals surface area contributed by atoms with Crippen LogP contribution in [0.1, 0.15) is 43.6 Å². The molecule has 1 unspecified atom stereocenters. The molecule has 2 aromatic heterocycles. The molecule has 2 aliphatic rings. The number of aryl methyl sites for hydroxylation is 2. The Morgan fingerprint density at radius 3 is 2.91 bits per heavy atom. The third kappa shape index (κ3) is 4.86. The minimum absolute atomic E-state index is 0.0252. The Morgan fingerprint density at radius 1 is 1.41 bits per heavy atom. The van der Waals surface area contributed by atoms with Crippen molar-refractivity contribution in [2.24, 2.45) is 0 Å². The van der Waals surface area contributed by atoms with Crippen LogP contribution in [0.5, 0.6) is 0 Å². The molecule has 4 rings (SSSR count). The standard InChI is InChI=1S/C22H32N6O4/c1-14-5-8-17-19(26-27(20(17)25-14)11-4-9-24-22(30)31-3)15(2)28(16-6-7-16)21(29)18-13-23-10-12-32-18/h5,8,15-16,18,23H,4,6-7,9-13H2,1-3H3,(H,24,30)/t15-,18?/m1/s1. The van der Waals surface area contributed by atoms with Crippen LogP contribution in [0.3, 0.4) is 0 Å². The minimum atomic E-state index is -0.454. The lowest BCUT2D eigenvalue weighted by atomic mass is 10.1. The summed E-state index contributed by atoms with van der Waals surface area (Å²) in [4.78, 5) is 31.3. The summed E-state index contributed by atoms with van der Waals surface area (Å²) in [6, 6.07) is 4.04. The van der Waals surface area contributed by atoms with Crippen LogP contribution in [0.25, 0.3) is 11.0 Å². The Kier molecular flexibility index (Phi) is 6.90. The van der Waals surface area contributed by atoms with Gasteiger partial charge in [-0.15, -0.1) is 0 Å². The molecule has 0 radical (unpaired) electrons. The van der Waals surface area contributed by atoms with Crippen molar-refractivity contribution in [3.05, 3.63) is 23.5 Å². The number of pyridine rings is 1. The van der Waals surface area contributed by atoms with Crippen LogP contribution in [0.4, 0.5) is 4.79 Å². The van der Waals surface area contributed by atoms with Gasteiger partial charge in [-0.05, 0) is 45.2 Å². The number of ether oxygens (including phenoxy) is 2. The first kappa shape index (κ1) is 22.5. The molecule has 174 valence electrons. The Morgan fingerprint density at radius 2 is 2.22 bits per heavy atom. The lowest BCUT2D eigenvalue weighted by molar-refractivity contribution is -0.148. The number of nitrogens with one attached hydrogen (secondary N) is 2. The minimum Gasteiger partial charge on any atom is -0.453 e. The van der Waals surface area contributed by atoms with E-state index >= 15 is 0 Å². The van der Waals surface area contributed by atoms with Gasteiger partial charge in [-0.3, -0.25) is 4.79 Å². The number of carbonyl (C=O) groups is 2. The van der Waals surface area contributed by atoms with E-state index in [0.29, 0.717) is 32.7 Å². The van der Waals surface area contributed by atoms with Gasteiger partial charge in [0.15, 0.2) is 5.65 Å². The molecular weight excluding hydrogens is 412 g/mol. The fraction of sp³-hybridized carbons (Fsp3) is 0.636. The van der Waals surface area contributed by atoms with Crippen molar-refractivity contribution < 1.29 is 19.1 Å². The van der Waals surface area contributed by atoms with Gasteiger partial charge in [-0.1, -0.05) is 0 Å². The summed E-state index contributed by atoms with van der Waals surface area (Å²) in [6.45, 7) is 6.92. The number of morpholine rings is 1. The van der Waals surface area contributed by atoms with Crippen LogP contribution in [0, 0.1) is 6.92 Å². The van der Waals surface area contributed by atoms with Crippen molar-refractivity contribution in [2.45, 2.75) is 57.8 Å². The third-order valence-corrected chi connectivity index (χ3v) is 5.98. The number of carbonyl (C=O) groups excluding carboxylic acids is 2. The molecule has 32 heavy (non-hydrogen) atoms. The average molecular weight is 445 g/mol. The summed E-state index contributed by atoms with van der Waals surface area (Å²) in [5.74, 6) is 0.0252. The zero-order valence-electron chi connectivity index (χ0n) is 19.0. The number of methoxy groups -OCH3 is 1. The van der Waals surface area contributed by atoms with E-state index in [1.165, 1.54) is 7.11 Å². The molecule has 0 aromatic carbocycles. The number of alkyl carbamates (subject to hydrolysis) is 1. The maximum atomic E-state index is 13.4. The fourth-order valence-electron chi connectivity index (χ4n) is 4.19. The molecule has 10 heteroatoms. The molecule has 1 saturated carbocycles. The SMILES string of the molecule is COC(=O)NCCCn1nc([C@@H](C)N(C(=O)C2CNCCO2)C2CC2)c2ccc(C)nc21. The molecule has 3 heterocycles. The van der Waals surface area contributed by atoms with Gasteiger partial charge in [-0.2, -0.15) is 5.10 Å². The van der Waals surface area contributed by atoms with Crippen molar-refractivity contribution in [2.75, 3.05) is 33.4 Å². The molecular formula is C22H32N6O4. The second kappa shape index (κ2) is 9.83. The number of hydrogen-bond donors (Lipinski definition) is 2. The average Bonchev–Trinajstić information content (AvgIpc) is 3.58. The van der Waals surface area contributed by atoms with Crippen LogP contribution >= 0.6 is 0 Å². The summed E-state index contributed by atoms with van der Waals surface area (Å²) in [5, 5.41) is 11.8. The van der Waals surface area contributed by atoms with E-state index in [-0.39, 0.29) is 18.0 Å². The van der Waals surface area contributed by atoms with E-state index in [2.05, 4.69) is 15.4 Å². The number of rotatable bonds is 8. The molecule has 2 fully saturated rings. The lowest BCUT2D eigenvalue weighted by Gasteiger charge is -2.33.